The number of pyridine rings is 1. The topological polar surface area (TPSA) is 62.0 Å². The Morgan fingerprint density at radius 3 is 2.80 bits per heavy atom. The molecule has 4 heteroatoms. The van der Waals surface area contributed by atoms with Gasteiger partial charge < -0.3 is 10.3 Å². The van der Waals surface area contributed by atoms with Gasteiger partial charge in [0, 0.05) is 24.0 Å². The van der Waals surface area contributed by atoms with Crippen LogP contribution >= 0.6 is 0 Å². The maximum Gasteiger partial charge on any atom is 0.251 e. The number of nitrogens with one attached hydrogen (secondary N) is 2. The number of H-pyrrole nitrogens is 1. The number of hydrogen-bond acceptors (Lipinski definition) is 2. The van der Waals surface area contributed by atoms with E-state index in [4.69, 9.17) is 0 Å². The zero-order valence-corrected chi connectivity index (χ0v) is 15.1. The van der Waals surface area contributed by atoms with Gasteiger partial charge in [0.1, 0.15) is 0 Å². The Morgan fingerprint density at radius 1 is 1.20 bits per heavy atom. The average Bonchev–Trinajstić information content (AvgIpc) is 2.61. The minimum absolute atomic E-state index is 0.0606. The van der Waals surface area contributed by atoms with Crippen LogP contribution in [0.25, 0.3) is 10.9 Å². The van der Waals surface area contributed by atoms with Gasteiger partial charge in [-0.2, -0.15) is 0 Å². The van der Waals surface area contributed by atoms with Crippen LogP contribution in [0.2, 0.25) is 0 Å². The van der Waals surface area contributed by atoms with Gasteiger partial charge in [-0.1, -0.05) is 44.2 Å². The summed E-state index contributed by atoms with van der Waals surface area (Å²) >= 11 is 0. The summed E-state index contributed by atoms with van der Waals surface area (Å²) in [7, 11) is 0. The van der Waals surface area contributed by atoms with Crippen molar-refractivity contribution in [1.82, 2.24) is 10.3 Å². The van der Waals surface area contributed by atoms with Crippen molar-refractivity contribution in [2.24, 2.45) is 5.92 Å². The lowest BCUT2D eigenvalue weighted by Crippen LogP contribution is -2.27. The molecule has 1 heterocycles. The molecule has 3 rings (SSSR count). The molecule has 1 aliphatic rings. The van der Waals surface area contributed by atoms with Crippen LogP contribution in [0.15, 0.2) is 29.1 Å². The van der Waals surface area contributed by atoms with Gasteiger partial charge in [0.2, 0.25) is 5.91 Å². The Kier molecular flexibility index (Phi) is 5.90. The number of hydrogen-bond donors (Lipinski definition) is 2. The van der Waals surface area contributed by atoms with Crippen LogP contribution in [0.1, 0.15) is 56.1 Å². The molecule has 1 saturated carbocycles. The summed E-state index contributed by atoms with van der Waals surface area (Å²) in [5.41, 5.74) is 2.66. The Bertz CT molecular complexity index is 788. The van der Waals surface area contributed by atoms with Crippen LogP contribution in [0.5, 0.6) is 0 Å². The molecule has 0 atom stereocenters. The van der Waals surface area contributed by atoms with E-state index < -0.39 is 0 Å². The maximum absolute atomic E-state index is 12.2. The smallest absolute Gasteiger partial charge is 0.251 e. The third-order valence-corrected chi connectivity index (χ3v) is 5.30. The third kappa shape index (κ3) is 4.94. The Labute approximate surface area is 149 Å². The predicted molar refractivity (Wildman–Crippen MR) is 102 cm³/mol. The first-order valence-corrected chi connectivity index (χ1v) is 9.51. The highest BCUT2D eigenvalue weighted by atomic mass is 16.1. The molecule has 25 heavy (non-hydrogen) atoms. The molecule has 1 amide bonds. The molecule has 1 aliphatic carbocycles. The molecule has 1 fully saturated rings. The minimum atomic E-state index is -0.0606. The van der Waals surface area contributed by atoms with Gasteiger partial charge in [0.25, 0.3) is 5.56 Å². The molecule has 1 aromatic heterocycles. The van der Waals surface area contributed by atoms with Gasteiger partial charge in [-0.15, -0.1) is 0 Å². The number of aromatic nitrogens is 1. The summed E-state index contributed by atoms with van der Waals surface area (Å²) in [6.07, 6.45) is 8.71. The van der Waals surface area contributed by atoms with E-state index in [0.717, 1.165) is 34.4 Å². The van der Waals surface area contributed by atoms with Gasteiger partial charge in [-0.3, -0.25) is 9.59 Å². The van der Waals surface area contributed by atoms with Crippen molar-refractivity contribution in [3.63, 3.8) is 0 Å². The molecule has 1 aromatic carbocycles. The van der Waals surface area contributed by atoms with Gasteiger partial charge in [0.05, 0.1) is 0 Å². The third-order valence-electron chi connectivity index (χ3n) is 5.30. The Balaban J connectivity index is 1.49. The van der Waals surface area contributed by atoms with Crippen LogP contribution in [0.4, 0.5) is 0 Å². The molecule has 0 spiro atoms. The van der Waals surface area contributed by atoms with Crippen LogP contribution in [0.3, 0.4) is 0 Å². The summed E-state index contributed by atoms with van der Waals surface area (Å²) in [6.45, 7) is 2.53. The molecule has 2 N–H and O–H groups in total. The van der Waals surface area contributed by atoms with Crippen molar-refractivity contribution in [2.75, 3.05) is 6.54 Å². The lowest BCUT2D eigenvalue weighted by molar-refractivity contribution is -0.121. The molecule has 0 saturated heterocycles. The van der Waals surface area contributed by atoms with Crippen LogP contribution in [0, 0.1) is 12.8 Å². The second-order valence-electron chi connectivity index (χ2n) is 7.36. The number of rotatable bonds is 6. The van der Waals surface area contributed by atoms with E-state index in [9.17, 15) is 9.59 Å². The SMILES string of the molecule is Cc1ccc2cc(CCNC(=O)CCC3CCCCC3)c(=O)[nH]c2c1. The monoisotopic (exact) mass is 340 g/mol. The molecule has 0 aliphatic heterocycles. The van der Waals surface area contributed by atoms with Crippen molar-refractivity contribution >= 4 is 16.8 Å². The highest BCUT2D eigenvalue weighted by Crippen LogP contribution is 2.27. The number of carbonyl (C=O) groups excluding carboxylic acids is 1. The normalized spacial score (nSPS) is 15.4. The molecule has 134 valence electrons. The van der Waals surface area contributed by atoms with E-state index in [1.165, 1.54) is 32.1 Å². The fraction of sp³-hybridized carbons (Fsp3) is 0.524. The molecule has 0 bridgehead atoms. The average molecular weight is 340 g/mol. The molecular weight excluding hydrogens is 312 g/mol. The first-order valence-electron chi connectivity index (χ1n) is 9.51. The predicted octanol–water partition coefficient (Wildman–Crippen LogP) is 3.86. The molecule has 0 unspecified atom stereocenters. The second-order valence-corrected chi connectivity index (χ2v) is 7.36. The zero-order chi connectivity index (χ0) is 17.6. The summed E-state index contributed by atoms with van der Waals surface area (Å²) in [6, 6.07) is 7.97. The quantitative estimate of drug-likeness (QED) is 0.839. The van der Waals surface area contributed by atoms with Crippen molar-refractivity contribution in [3.05, 3.63) is 45.7 Å². The lowest BCUT2D eigenvalue weighted by atomic mass is 9.86. The fourth-order valence-corrected chi connectivity index (χ4v) is 3.78. The number of benzene rings is 1. The number of carbonyl (C=O) groups is 1. The Morgan fingerprint density at radius 2 is 2.00 bits per heavy atom. The molecule has 4 nitrogen and oxygen atoms in total. The van der Waals surface area contributed by atoms with Gasteiger partial charge >= 0.3 is 0 Å². The Hall–Kier alpha value is -2.10. The van der Waals surface area contributed by atoms with E-state index in [2.05, 4.69) is 10.3 Å². The van der Waals surface area contributed by atoms with E-state index >= 15 is 0 Å². The first kappa shape index (κ1) is 17.7. The van der Waals surface area contributed by atoms with Crippen molar-refractivity contribution in [1.29, 1.82) is 0 Å². The summed E-state index contributed by atoms with van der Waals surface area (Å²) < 4.78 is 0. The van der Waals surface area contributed by atoms with Crippen LogP contribution < -0.4 is 10.9 Å². The van der Waals surface area contributed by atoms with Crippen LogP contribution in [-0.4, -0.2) is 17.4 Å². The summed E-state index contributed by atoms with van der Waals surface area (Å²) in [4.78, 5) is 27.1. The van der Waals surface area contributed by atoms with E-state index in [-0.39, 0.29) is 11.5 Å². The summed E-state index contributed by atoms with van der Waals surface area (Å²) in [5, 5.41) is 3.99. The molecular formula is C21H28N2O2. The van der Waals surface area contributed by atoms with Crippen LogP contribution in [-0.2, 0) is 11.2 Å². The zero-order valence-electron chi connectivity index (χ0n) is 15.1. The van der Waals surface area contributed by atoms with Crippen molar-refractivity contribution in [3.8, 4) is 0 Å². The van der Waals surface area contributed by atoms with Gasteiger partial charge in [-0.25, -0.2) is 0 Å². The number of amides is 1. The molecule has 2 aromatic rings. The second kappa shape index (κ2) is 8.32. The number of fused-ring (bicyclic) bond motifs is 1. The standard InChI is InChI=1S/C21H28N2O2/c1-15-7-9-17-14-18(21(25)23-19(17)13-15)11-12-22-20(24)10-8-16-5-3-2-4-6-16/h7,9,13-14,16H,2-6,8,10-12H2,1H3,(H,22,24)(H,23,25). The van der Waals surface area contributed by atoms with E-state index in [1.54, 1.807) is 0 Å². The largest absolute Gasteiger partial charge is 0.356 e. The minimum Gasteiger partial charge on any atom is -0.356 e. The van der Waals surface area contributed by atoms with Gasteiger partial charge in [-0.05, 0) is 48.8 Å². The summed E-state index contributed by atoms with van der Waals surface area (Å²) in [5.74, 6) is 0.838. The number of aryl methyl sites for hydroxylation is 1. The maximum atomic E-state index is 12.2. The first-order chi connectivity index (χ1) is 12.1. The highest BCUT2D eigenvalue weighted by molar-refractivity contribution is 5.79. The lowest BCUT2D eigenvalue weighted by Gasteiger charge is -2.20. The van der Waals surface area contributed by atoms with E-state index in [0.29, 0.717) is 19.4 Å². The van der Waals surface area contributed by atoms with E-state index in [1.807, 2.05) is 31.2 Å². The van der Waals surface area contributed by atoms with Crippen molar-refractivity contribution < 1.29 is 4.79 Å². The van der Waals surface area contributed by atoms with Crippen molar-refractivity contribution in [2.45, 2.75) is 58.3 Å². The van der Waals surface area contributed by atoms with Gasteiger partial charge in [0.15, 0.2) is 0 Å². The fourth-order valence-electron chi connectivity index (χ4n) is 3.78. The number of aromatic amines is 1. The highest BCUT2D eigenvalue weighted by Gasteiger charge is 2.14. The molecule has 0 radical (unpaired) electrons.